The van der Waals surface area contributed by atoms with E-state index in [0.29, 0.717) is 31.6 Å². The van der Waals surface area contributed by atoms with Crippen molar-refractivity contribution < 1.29 is 9.47 Å². The van der Waals surface area contributed by atoms with Gasteiger partial charge in [0.25, 0.3) is 0 Å². The second kappa shape index (κ2) is 10.2. The fraction of sp³-hybridized carbons (Fsp3) is 0.368. The summed E-state index contributed by atoms with van der Waals surface area (Å²) in [7, 11) is 0. The van der Waals surface area contributed by atoms with Crippen LogP contribution < -0.4 is 20.5 Å². The molecule has 0 aliphatic carbocycles. The van der Waals surface area contributed by atoms with Gasteiger partial charge in [0.15, 0.2) is 5.96 Å². The highest BCUT2D eigenvalue weighted by atomic mass is 127. The number of guanidine groups is 1. The number of pyridine rings is 1. The fourth-order valence-corrected chi connectivity index (χ4v) is 2.69. The van der Waals surface area contributed by atoms with Crippen LogP contribution in [-0.2, 0) is 6.54 Å². The first-order valence-electron chi connectivity index (χ1n) is 8.62. The van der Waals surface area contributed by atoms with Gasteiger partial charge in [-0.1, -0.05) is 31.2 Å². The van der Waals surface area contributed by atoms with Crippen LogP contribution >= 0.6 is 24.0 Å². The van der Waals surface area contributed by atoms with Crippen LogP contribution in [0.15, 0.2) is 47.6 Å². The third-order valence-corrected chi connectivity index (χ3v) is 3.96. The van der Waals surface area contributed by atoms with Crippen LogP contribution in [0, 0.1) is 0 Å². The summed E-state index contributed by atoms with van der Waals surface area (Å²) in [5.74, 6) is 1.97. The average molecular weight is 468 g/mol. The number of fused-ring (bicyclic) bond motifs is 1. The Morgan fingerprint density at radius 3 is 2.96 bits per heavy atom. The van der Waals surface area contributed by atoms with Crippen LogP contribution in [0.4, 0.5) is 0 Å². The molecule has 0 spiro atoms. The highest BCUT2D eigenvalue weighted by molar-refractivity contribution is 14.0. The second-order valence-electron chi connectivity index (χ2n) is 5.93. The van der Waals surface area contributed by atoms with Gasteiger partial charge in [-0.2, -0.15) is 0 Å². The van der Waals surface area contributed by atoms with E-state index in [1.165, 1.54) is 0 Å². The minimum absolute atomic E-state index is 0. The molecule has 1 aromatic carbocycles. The maximum atomic E-state index is 6.06. The number of hydrogen-bond acceptors (Lipinski definition) is 4. The van der Waals surface area contributed by atoms with Gasteiger partial charge in [-0.15, -0.1) is 24.0 Å². The summed E-state index contributed by atoms with van der Waals surface area (Å²) in [6.45, 7) is 3.89. The van der Waals surface area contributed by atoms with Crippen molar-refractivity contribution in [3.63, 3.8) is 0 Å². The number of rotatable bonds is 6. The van der Waals surface area contributed by atoms with E-state index >= 15 is 0 Å². The van der Waals surface area contributed by atoms with E-state index in [9.17, 15) is 0 Å². The number of aliphatic imine (C=N–C) groups is 1. The van der Waals surface area contributed by atoms with E-state index in [-0.39, 0.29) is 30.0 Å². The zero-order chi connectivity index (χ0) is 17.5. The summed E-state index contributed by atoms with van der Waals surface area (Å²) in [6.07, 6.45) is 3.59. The first-order chi connectivity index (χ1) is 12.3. The standard InChI is InChI=1S/C19H24N4O2.HI/c1-2-10-25-18-8-7-14(12-21-18)13-22-19(20)23-16-9-11-24-17-6-4-3-5-15(16)17;/h3-8,12,16H,2,9-11,13H2,1H3,(H3,20,22,23);1H. The quantitative estimate of drug-likeness (QED) is 0.386. The molecule has 0 bridgehead atoms. The first kappa shape index (κ1) is 20.3. The Labute approximate surface area is 171 Å². The van der Waals surface area contributed by atoms with E-state index in [1.807, 2.05) is 30.3 Å². The van der Waals surface area contributed by atoms with Gasteiger partial charge in [-0.05, 0) is 18.1 Å². The van der Waals surface area contributed by atoms with Gasteiger partial charge in [0.2, 0.25) is 5.88 Å². The van der Waals surface area contributed by atoms with Crippen molar-refractivity contribution in [1.82, 2.24) is 10.3 Å². The molecule has 1 aromatic heterocycles. The van der Waals surface area contributed by atoms with Crippen molar-refractivity contribution in [1.29, 1.82) is 0 Å². The van der Waals surface area contributed by atoms with Crippen molar-refractivity contribution in [2.75, 3.05) is 13.2 Å². The van der Waals surface area contributed by atoms with E-state index < -0.39 is 0 Å². The van der Waals surface area contributed by atoms with E-state index in [1.54, 1.807) is 6.20 Å². The summed E-state index contributed by atoms with van der Waals surface area (Å²) in [6, 6.07) is 11.9. The summed E-state index contributed by atoms with van der Waals surface area (Å²) < 4.78 is 11.1. The predicted molar refractivity (Wildman–Crippen MR) is 113 cm³/mol. The molecule has 26 heavy (non-hydrogen) atoms. The Hall–Kier alpha value is -2.03. The summed E-state index contributed by atoms with van der Waals surface area (Å²) >= 11 is 0. The molecule has 2 heterocycles. The zero-order valence-electron chi connectivity index (χ0n) is 14.9. The average Bonchev–Trinajstić information content (AvgIpc) is 2.66. The number of hydrogen-bond donors (Lipinski definition) is 2. The van der Waals surface area contributed by atoms with Crippen LogP contribution in [0.2, 0.25) is 0 Å². The zero-order valence-corrected chi connectivity index (χ0v) is 17.2. The topological polar surface area (TPSA) is 81.8 Å². The molecular formula is C19H25IN4O2. The number of para-hydroxylation sites is 1. The molecule has 0 saturated heterocycles. The Morgan fingerprint density at radius 1 is 1.35 bits per heavy atom. The number of ether oxygens (including phenoxy) is 2. The highest BCUT2D eigenvalue weighted by Crippen LogP contribution is 2.31. The lowest BCUT2D eigenvalue weighted by molar-refractivity contribution is 0.262. The van der Waals surface area contributed by atoms with Crippen LogP contribution in [-0.4, -0.2) is 24.2 Å². The molecule has 0 radical (unpaired) electrons. The molecule has 6 nitrogen and oxygen atoms in total. The molecular weight excluding hydrogens is 443 g/mol. The van der Waals surface area contributed by atoms with Gasteiger partial charge in [0, 0.05) is 24.2 Å². The summed E-state index contributed by atoms with van der Waals surface area (Å²) in [5, 5.41) is 3.29. The van der Waals surface area contributed by atoms with E-state index in [4.69, 9.17) is 15.2 Å². The van der Waals surface area contributed by atoms with Crippen LogP contribution in [0.3, 0.4) is 0 Å². The molecule has 3 rings (SSSR count). The molecule has 1 atom stereocenters. The molecule has 2 aromatic rings. The van der Waals surface area contributed by atoms with Gasteiger partial charge in [0.05, 0.1) is 25.8 Å². The molecule has 3 N–H and O–H groups in total. The number of aromatic nitrogens is 1. The van der Waals surface area contributed by atoms with E-state index in [2.05, 4.69) is 28.3 Å². The minimum atomic E-state index is 0. The lowest BCUT2D eigenvalue weighted by atomic mass is 10.0. The second-order valence-corrected chi connectivity index (χ2v) is 5.93. The summed E-state index contributed by atoms with van der Waals surface area (Å²) in [4.78, 5) is 8.69. The van der Waals surface area contributed by atoms with Crippen molar-refractivity contribution >= 4 is 29.9 Å². The van der Waals surface area contributed by atoms with Crippen LogP contribution in [0.25, 0.3) is 0 Å². The summed E-state index contributed by atoms with van der Waals surface area (Å²) in [5.41, 5.74) is 8.16. The highest BCUT2D eigenvalue weighted by Gasteiger charge is 2.21. The van der Waals surface area contributed by atoms with Gasteiger partial charge < -0.3 is 20.5 Å². The lowest BCUT2D eigenvalue weighted by Gasteiger charge is -2.26. The Balaban J connectivity index is 0.00000243. The van der Waals surface area contributed by atoms with E-state index in [0.717, 1.165) is 29.7 Å². The van der Waals surface area contributed by atoms with Crippen molar-refractivity contribution in [3.05, 3.63) is 53.7 Å². The van der Waals surface area contributed by atoms with Gasteiger partial charge >= 0.3 is 0 Å². The third-order valence-electron chi connectivity index (χ3n) is 3.96. The minimum Gasteiger partial charge on any atom is -0.493 e. The number of nitrogens with one attached hydrogen (secondary N) is 1. The molecule has 7 heteroatoms. The smallest absolute Gasteiger partial charge is 0.213 e. The Bertz CT molecular complexity index is 722. The number of nitrogens with two attached hydrogens (primary N) is 1. The normalized spacial score (nSPS) is 16.0. The Kier molecular flexibility index (Phi) is 7.96. The predicted octanol–water partition coefficient (Wildman–Crippen LogP) is 3.42. The largest absolute Gasteiger partial charge is 0.493 e. The van der Waals surface area contributed by atoms with Crippen molar-refractivity contribution in [3.8, 4) is 11.6 Å². The number of benzene rings is 1. The molecule has 0 amide bonds. The fourth-order valence-electron chi connectivity index (χ4n) is 2.69. The van der Waals surface area contributed by atoms with Gasteiger partial charge in [-0.3, -0.25) is 0 Å². The lowest BCUT2D eigenvalue weighted by Crippen LogP contribution is -2.37. The first-order valence-corrected chi connectivity index (χ1v) is 8.62. The Morgan fingerprint density at radius 2 is 2.19 bits per heavy atom. The monoisotopic (exact) mass is 468 g/mol. The molecule has 1 unspecified atom stereocenters. The van der Waals surface area contributed by atoms with Gasteiger partial charge in [0.1, 0.15) is 5.75 Å². The van der Waals surface area contributed by atoms with Gasteiger partial charge in [-0.25, -0.2) is 9.98 Å². The van der Waals surface area contributed by atoms with Crippen molar-refractivity contribution in [2.24, 2.45) is 10.7 Å². The van der Waals surface area contributed by atoms with Crippen LogP contribution in [0.1, 0.15) is 36.9 Å². The molecule has 1 aliphatic rings. The SMILES string of the molecule is CCCOc1ccc(CN=C(N)NC2CCOc3ccccc32)cn1.I. The van der Waals surface area contributed by atoms with Crippen LogP contribution in [0.5, 0.6) is 11.6 Å². The maximum Gasteiger partial charge on any atom is 0.213 e. The maximum absolute atomic E-state index is 6.06. The third kappa shape index (κ3) is 5.48. The molecule has 1 aliphatic heterocycles. The molecule has 0 fully saturated rings. The number of nitrogens with zero attached hydrogens (tertiary/aromatic N) is 2. The molecule has 0 saturated carbocycles. The van der Waals surface area contributed by atoms with Crippen molar-refractivity contribution in [2.45, 2.75) is 32.4 Å². The number of halogens is 1. The molecule has 140 valence electrons.